The molecule has 0 saturated carbocycles. The zero-order valence-corrected chi connectivity index (χ0v) is 7.87. The molecule has 0 spiro atoms. The number of nitro groups is 1. The number of nitrogens with zero attached hydrogens (tertiary/aromatic N) is 1. The molecule has 1 unspecified atom stereocenters. The van der Waals surface area contributed by atoms with Crippen molar-refractivity contribution in [2.45, 2.75) is 6.04 Å². The van der Waals surface area contributed by atoms with Crippen LogP contribution in [0.25, 0.3) is 0 Å². The van der Waals surface area contributed by atoms with E-state index in [-0.39, 0.29) is 4.92 Å². The Labute approximate surface area is 86.3 Å². The molecule has 0 aliphatic carbocycles. The third-order valence-corrected chi connectivity index (χ3v) is 2.14. The van der Waals surface area contributed by atoms with Crippen LogP contribution in [0.3, 0.4) is 0 Å². The number of rotatable bonds is 3. The van der Waals surface area contributed by atoms with Crippen LogP contribution in [0, 0.1) is 10.1 Å². The third kappa shape index (κ3) is 1.88. The molecule has 0 fully saturated rings. The lowest BCUT2D eigenvalue weighted by Crippen LogP contribution is -2.10. The highest BCUT2D eigenvalue weighted by molar-refractivity contribution is 5.24. The summed E-state index contributed by atoms with van der Waals surface area (Å²) in [5.41, 5.74) is 0.623. The highest BCUT2D eigenvalue weighted by Gasteiger charge is 2.27. The molecule has 0 radical (unpaired) electrons. The Bertz CT molecular complexity index is 436. The van der Waals surface area contributed by atoms with E-state index in [0.29, 0.717) is 11.3 Å². The molecule has 1 heterocycles. The number of hydrogen-bond donors (Lipinski definition) is 0. The standard InChI is InChI=1S/C11H9NO3/c13-12(14)11(10-7-4-8-15-10)9-5-2-1-3-6-9/h1-8,11H. The molecule has 76 valence electrons. The van der Waals surface area contributed by atoms with Gasteiger partial charge in [-0.05, 0) is 12.1 Å². The molecule has 4 nitrogen and oxygen atoms in total. The van der Waals surface area contributed by atoms with Gasteiger partial charge in [0.25, 0.3) is 6.04 Å². The predicted molar refractivity (Wildman–Crippen MR) is 54.0 cm³/mol. The fourth-order valence-corrected chi connectivity index (χ4v) is 1.47. The molecular formula is C11H9NO3. The van der Waals surface area contributed by atoms with Gasteiger partial charge in [-0.15, -0.1) is 0 Å². The summed E-state index contributed by atoms with van der Waals surface area (Å²) in [7, 11) is 0. The maximum Gasteiger partial charge on any atom is 0.294 e. The Kier molecular flexibility index (Phi) is 2.49. The van der Waals surface area contributed by atoms with Crippen LogP contribution >= 0.6 is 0 Å². The Morgan fingerprint density at radius 3 is 2.40 bits per heavy atom. The lowest BCUT2D eigenvalue weighted by molar-refractivity contribution is -0.520. The van der Waals surface area contributed by atoms with Crippen LogP contribution in [0.2, 0.25) is 0 Å². The molecule has 2 aromatic rings. The van der Waals surface area contributed by atoms with Crippen molar-refractivity contribution in [2.24, 2.45) is 0 Å². The van der Waals surface area contributed by atoms with Crippen LogP contribution in [-0.4, -0.2) is 4.92 Å². The van der Waals surface area contributed by atoms with Gasteiger partial charge in [0.2, 0.25) is 0 Å². The number of benzene rings is 1. The zero-order chi connectivity index (χ0) is 10.7. The van der Waals surface area contributed by atoms with Gasteiger partial charge < -0.3 is 4.42 Å². The first-order chi connectivity index (χ1) is 7.29. The fraction of sp³-hybridized carbons (Fsp3) is 0.0909. The smallest absolute Gasteiger partial charge is 0.294 e. The minimum atomic E-state index is -0.916. The lowest BCUT2D eigenvalue weighted by atomic mass is 10.1. The minimum Gasteiger partial charge on any atom is -0.462 e. The van der Waals surface area contributed by atoms with Crippen molar-refractivity contribution in [3.63, 3.8) is 0 Å². The average molecular weight is 203 g/mol. The molecule has 1 aromatic carbocycles. The van der Waals surface area contributed by atoms with E-state index < -0.39 is 6.04 Å². The molecule has 0 saturated heterocycles. The first kappa shape index (κ1) is 9.45. The van der Waals surface area contributed by atoms with Crippen molar-refractivity contribution in [3.8, 4) is 0 Å². The molecule has 2 rings (SSSR count). The summed E-state index contributed by atoms with van der Waals surface area (Å²) in [6.45, 7) is 0. The second kappa shape index (κ2) is 3.96. The molecule has 0 amide bonds. The summed E-state index contributed by atoms with van der Waals surface area (Å²) >= 11 is 0. The molecular weight excluding hydrogens is 194 g/mol. The second-order valence-corrected chi connectivity index (χ2v) is 3.11. The van der Waals surface area contributed by atoms with Crippen LogP contribution in [-0.2, 0) is 0 Å². The van der Waals surface area contributed by atoms with Crippen LogP contribution in [0.1, 0.15) is 17.4 Å². The molecule has 0 aliphatic rings. The van der Waals surface area contributed by atoms with E-state index in [9.17, 15) is 10.1 Å². The summed E-state index contributed by atoms with van der Waals surface area (Å²) in [6.07, 6.45) is 1.44. The van der Waals surface area contributed by atoms with E-state index >= 15 is 0 Å². The summed E-state index contributed by atoms with van der Waals surface area (Å²) < 4.78 is 5.07. The van der Waals surface area contributed by atoms with Crippen LogP contribution in [0.5, 0.6) is 0 Å². The van der Waals surface area contributed by atoms with Crippen molar-refractivity contribution < 1.29 is 9.34 Å². The van der Waals surface area contributed by atoms with Gasteiger partial charge >= 0.3 is 0 Å². The Morgan fingerprint density at radius 2 is 1.87 bits per heavy atom. The largest absolute Gasteiger partial charge is 0.462 e. The summed E-state index contributed by atoms with van der Waals surface area (Å²) in [4.78, 5) is 10.6. The highest BCUT2D eigenvalue weighted by Crippen LogP contribution is 2.24. The SMILES string of the molecule is O=[N+]([O-])C(c1ccccc1)c1ccco1. The zero-order valence-electron chi connectivity index (χ0n) is 7.87. The summed E-state index contributed by atoms with van der Waals surface area (Å²) in [5, 5.41) is 10.9. The van der Waals surface area contributed by atoms with Crippen LogP contribution in [0.4, 0.5) is 0 Å². The summed E-state index contributed by atoms with van der Waals surface area (Å²) in [6, 6.07) is 11.1. The Morgan fingerprint density at radius 1 is 1.13 bits per heavy atom. The Balaban J connectivity index is 2.42. The molecule has 15 heavy (non-hydrogen) atoms. The van der Waals surface area contributed by atoms with Crippen molar-refractivity contribution in [1.29, 1.82) is 0 Å². The molecule has 4 heteroatoms. The van der Waals surface area contributed by atoms with E-state index in [4.69, 9.17) is 4.42 Å². The lowest BCUT2D eigenvalue weighted by Gasteiger charge is -2.06. The van der Waals surface area contributed by atoms with Gasteiger partial charge in [0.05, 0.1) is 6.26 Å². The highest BCUT2D eigenvalue weighted by atomic mass is 16.6. The van der Waals surface area contributed by atoms with Gasteiger partial charge in [-0.2, -0.15) is 0 Å². The summed E-state index contributed by atoms with van der Waals surface area (Å²) in [5.74, 6) is 0.353. The molecule has 0 aliphatic heterocycles. The Hall–Kier alpha value is -2.10. The number of hydrogen-bond acceptors (Lipinski definition) is 3. The van der Waals surface area contributed by atoms with Crippen molar-refractivity contribution in [2.75, 3.05) is 0 Å². The maximum absolute atomic E-state index is 10.9. The maximum atomic E-state index is 10.9. The first-order valence-electron chi connectivity index (χ1n) is 4.51. The average Bonchev–Trinajstić information content (AvgIpc) is 2.72. The number of furan rings is 1. The normalized spacial score (nSPS) is 12.3. The van der Waals surface area contributed by atoms with Crippen LogP contribution < -0.4 is 0 Å². The van der Waals surface area contributed by atoms with Gasteiger partial charge in [-0.25, -0.2) is 0 Å². The molecule has 1 atom stereocenters. The third-order valence-electron chi connectivity index (χ3n) is 2.14. The van der Waals surface area contributed by atoms with Gasteiger partial charge in [-0.1, -0.05) is 30.3 Å². The predicted octanol–water partition coefficient (Wildman–Crippen LogP) is 2.65. The van der Waals surface area contributed by atoms with E-state index in [0.717, 1.165) is 0 Å². The van der Waals surface area contributed by atoms with E-state index in [1.54, 1.807) is 36.4 Å². The van der Waals surface area contributed by atoms with Crippen LogP contribution in [0.15, 0.2) is 53.1 Å². The molecule has 1 aromatic heterocycles. The fourth-order valence-electron chi connectivity index (χ4n) is 1.47. The van der Waals surface area contributed by atoms with Gasteiger partial charge in [0, 0.05) is 10.5 Å². The monoisotopic (exact) mass is 203 g/mol. The van der Waals surface area contributed by atoms with E-state index in [1.807, 2.05) is 6.07 Å². The molecule has 0 N–H and O–H groups in total. The van der Waals surface area contributed by atoms with E-state index in [1.165, 1.54) is 6.26 Å². The quantitative estimate of drug-likeness (QED) is 0.569. The van der Waals surface area contributed by atoms with Gasteiger partial charge in [-0.3, -0.25) is 10.1 Å². The van der Waals surface area contributed by atoms with Crippen molar-refractivity contribution in [3.05, 3.63) is 70.2 Å². The van der Waals surface area contributed by atoms with Gasteiger partial charge in [0.1, 0.15) is 0 Å². The minimum absolute atomic E-state index is 0.353. The molecule has 0 bridgehead atoms. The first-order valence-corrected chi connectivity index (χ1v) is 4.51. The van der Waals surface area contributed by atoms with Crippen molar-refractivity contribution >= 4 is 0 Å². The second-order valence-electron chi connectivity index (χ2n) is 3.11. The van der Waals surface area contributed by atoms with E-state index in [2.05, 4.69) is 0 Å². The van der Waals surface area contributed by atoms with Crippen molar-refractivity contribution in [1.82, 2.24) is 0 Å². The topological polar surface area (TPSA) is 56.3 Å². The van der Waals surface area contributed by atoms with Gasteiger partial charge in [0.15, 0.2) is 5.76 Å².